The lowest BCUT2D eigenvalue weighted by Crippen LogP contribution is -2.39. The third-order valence-electron chi connectivity index (χ3n) is 6.13. The van der Waals surface area contributed by atoms with Crippen molar-refractivity contribution in [3.8, 4) is 17.0 Å². The molecule has 1 aromatic carbocycles. The van der Waals surface area contributed by atoms with Crippen molar-refractivity contribution in [3.63, 3.8) is 0 Å². The number of carbonyl (C=O) groups is 1. The van der Waals surface area contributed by atoms with Crippen LogP contribution in [-0.4, -0.2) is 51.4 Å². The summed E-state index contributed by atoms with van der Waals surface area (Å²) in [7, 11) is 0. The monoisotopic (exact) mass is 472 g/mol. The average molecular weight is 472 g/mol. The average Bonchev–Trinajstić information content (AvgIpc) is 3.47. The first-order chi connectivity index (χ1) is 16.4. The number of carbonyl (C=O) groups excluding carboxylic acids is 1. The van der Waals surface area contributed by atoms with Crippen molar-refractivity contribution in [2.45, 2.75) is 38.2 Å². The van der Waals surface area contributed by atoms with Crippen LogP contribution in [0.25, 0.3) is 11.1 Å². The summed E-state index contributed by atoms with van der Waals surface area (Å²) in [6.45, 7) is 2.20. The van der Waals surface area contributed by atoms with Crippen LogP contribution in [0.2, 0.25) is 0 Å². The number of hydrogen-bond acceptors (Lipinski definition) is 5. The number of halogens is 3. The van der Waals surface area contributed by atoms with Gasteiger partial charge in [-0.1, -0.05) is 30.3 Å². The fourth-order valence-corrected chi connectivity index (χ4v) is 4.43. The molecule has 3 aromatic rings. The van der Waals surface area contributed by atoms with Gasteiger partial charge in [0, 0.05) is 24.4 Å². The van der Waals surface area contributed by atoms with E-state index in [9.17, 15) is 18.0 Å². The molecule has 1 saturated heterocycles. The summed E-state index contributed by atoms with van der Waals surface area (Å²) in [4.78, 5) is 19.1. The minimum Gasteiger partial charge on any atom is -0.475 e. The van der Waals surface area contributed by atoms with Gasteiger partial charge in [-0.2, -0.15) is 18.3 Å². The molecule has 0 N–H and O–H groups in total. The number of benzene rings is 1. The quantitative estimate of drug-likeness (QED) is 0.557. The lowest BCUT2D eigenvalue weighted by molar-refractivity contribution is -0.137. The topological polar surface area (TPSA) is 69.5 Å². The lowest BCUT2D eigenvalue weighted by Gasteiger charge is -2.24. The van der Waals surface area contributed by atoms with E-state index in [-0.39, 0.29) is 24.4 Å². The highest BCUT2D eigenvalue weighted by molar-refractivity contribution is 6.00. The summed E-state index contributed by atoms with van der Waals surface area (Å²) in [5.74, 6) is -0.0980. The van der Waals surface area contributed by atoms with Crippen LogP contribution in [0.3, 0.4) is 0 Å². The molecule has 5 rings (SSSR count). The van der Waals surface area contributed by atoms with Crippen LogP contribution in [0.1, 0.15) is 34.6 Å². The molecule has 2 aliphatic heterocycles. The van der Waals surface area contributed by atoms with Crippen molar-refractivity contribution in [2.24, 2.45) is 0 Å². The van der Waals surface area contributed by atoms with Gasteiger partial charge in [-0.05, 0) is 24.5 Å². The summed E-state index contributed by atoms with van der Waals surface area (Å²) in [6, 6.07) is 11.6. The standard InChI is InChI=1S/C24H23F3N4O3/c25-24(26,27)17-8-9-20(28-13-17)34-14-18-7-4-10-30(18)23(32)22-21(16-5-2-1-3-6-16)19-15-33-12-11-31(19)29-22/h1-3,5-6,8-9,13,18H,4,7,10-12,14-15H2/t18-/m0/s1. The zero-order chi connectivity index (χ0) is 23.7. The Bertz CT molecular complexity index is 1160. The van der Waals surface area contributed by atoms with Crippen LogP contribution in [0.15, 0.2) is 48.7 Å². The summed E-state index contributed by atoms with van der Waals surface area (Å²) >= 11 is 0. The van der Waals surface area contributed by atoms with Gasteiger partial charge in [0.2, 0.25) is 5.88 Å². The highest BCUT2D eigenvalue weighted by Gasteiger charge is 2.35. The molecule has 10 heteroatoms. The van der Waals surface area contributed by atoms with E-state index >= 15 is 0 Å². The third kappa shape index (κ3) is 4.37. The Morgan fingerprint density at radius 1 is 1.15 bits per heavy atom. The van der Waals surface area contributed by atoms with Crippen molar-refractivity contribution in [1.82, 2.24) is 19.7 Å². The van der Waals surface area contributed by atoms with E-state index < -0.39 is 11.7 Å². The molecule has 0 aliphatic carbocycles. The maximum Gasteiger partial charge on any atom is 0.417 e. The van der Waals surface area contributed by atoms with Gasteiger partial charge in [0.1, 0.15) is 6.61 Å². The molecule has 0 spiro atoms. The molecule has 2 aliphatic rings. The molecule has 1 amide bonds. The Balaban J connectivity index is 1.36. The normalized spacial score (nSPS) is 18.1. The number of aromatic nitrogens is 3. The summed E-state index contributed by atoms with van der Waals surface area (Å²) < 4.78 is 51.4. The van der Waals surface area contributed by atoms with Crippen LogP contribution < -0.4 is 4.74 Å². The molecule has 2 aromatic heterocycles. The number of amides is 1. The molecule has 178 valence electrons. The van der Waals surface area contributed by atoms with Crippen molar-refractivity contribution < 1.29 is 27.4 Å². The van der Waals surface area contributed by atoms with Gasteiger partial charge >= 0.3 is 6.18 Å². The minimum atomic E-state index is -4.45. The van der Waals surface area contributed by atoms with E-state index in [0.717, 1.165) is 41.9 Å². The third-order valence-corrected chi connectivity index (χ3v) is 6.13. The second-order valence-corrected chi connectivity index (χ2v) is 8.30. The van der Waals surface area contributed by atoms with Crippen LogP contribution >= 0.6 is 0 Å². The number of ether oxygens (including phenoxy) is 2. The summed E-state index contributed by atoms with van der Waals surface area (Å²) in [5.41, 5.74) is 2.10. The molecular formula is C24H23F3N4O3. The fraction of sp³-hybridized carbons (Fsp3) is 0.375. The highest BCUT2D eigenvalue weighted by Crippen LogP contribution is 2.33. The minimum absolute atomic E-state index is 0.0897. The van der Waals surface area contributed by atoms with Crippen LogP contribution in [0.4, 0.5) is 13.2 Å². The molecule has 0 bridgehead atoms. The number of fused-ring (bicyclic) bond motifs is 1. The molecule has 34 heavy (non-hydrogen) atoms. The van der Waals surface area contributed by atoms with Crippen LogP contribution in [0, 0.1) is 0 Å². The van der Waals surface area contributed by atoms with Crippen molar-refractivity contribution >= 4 is 5.91 Å². The fourth-order valence-electron chi connectivity index (χ4n) is 4.43. The van der Waals surface area contributed by atoms with E-state index in [1.807, 2.05) is 35.0 Å². The Hall–Kier alpha value is -3.40. The molecule has 7 nitrogen and oxygen atoms in total. The maximum atomic E-state index is 13.6. The van der Waals surface area contributed by atoms with E-state index in [0.29, 0.717) is 32.0 Å². The first-order valence-corrected chi connectivity index (χ1v) is 11.1. The van der Waals surface area contributed by atoms with Crippen LogP contribution in [0.5, 0.6) is 5.88 Å². The van der Waals surface area contributed by atoms with E-state index in [1.165, 1.54) is 6.07 Å². The predicted molar refractivity (Wildman–Crippen MR) is 116 cm³/mol. The molecule has 4 heterocycles. The highest BCUT2D eigenvalue weighted by atomic mass is 19.4. The van der Waals surface area contributed by atoms with E-state index in [2.05, 4.69) is 10.1 Å². The summed E-state index contributed by atoms with van der Waals surface area (Å²) in [5, 5.41) is 4.64. The first-order valence-electron chi connectivity index (χ1n) is 11.1. The number of alkyl halides is 3. The number of pyridine rings is 1. The second kappa shape index (κ2) is 9.09. The van der Waals surface area contributed by atoms with Crippen LogP contribution in [-0.2, 0) is 24.1 Å². The molecular weight excluding hydrogens is 449 g/mol. The molecule has 0 radical (unpaired) electrons. The summed E-state index contributed by atoms with van der Waals surface area (Å²) in [6.07, 6.45) is -2.18. The first kappa shape index (κ1) is 22.4. The molecule has 1 fully saturated rings. The SMILES string of the molecule is O=C(c1nn2c(c1-c1ccccc1)COCC2)N1CCC[C@H]1COc1ccc(C(F)(F)F)cn1. The van der Waals surface area contributed by atoms with Gasteiger partial charge < -0.3 is 14.4 Å². The molecule has 0 unspecified atom stereocenters. The lowest BCUT2D eigenvalue weighted by atomic mass is 10.0. The van der Waals surface area contributed by atoms with Crippen molar-refractivity contribution in [1.29, 1.82) is 0 Å². The Kier molecular flexibility index (Phi) is 5.99. The van der Waals surface area contributed by atoms with Crippen molar-refractivity contribution in [2.75, 3.05) is 19.8 Å². The number of likely N-dealkylation sites (tertiary alicyclic amines) is 1. The van der Waals surface area contributed by atoms with Gasteiger partial charge in [-0.15, -0.1) is 0 Å². The van der Waals surface area contributed by atoms with Crippen molar-refractivity contribution in [3.05, 3.63) is 65.6 Å². The number of nitrogens with zero attached hydrogens (tertiary/aromatic N) is 4. The molecule has 0 saturated carbocycles. The second-order valence-electron chi connectivity index (χ2n) is 8.30. The van der Waals surface area contributed by atoms with Gasteiger partial charge in [-0.3, -0.25) is 9.48 Å². The van der Waals surface area contributed by atoms with E-state index in [4.69, 9.17) is 9.47 Å². The predicted octanol–water partition coefficient (Wildman–Crippen LogP) is 4.18. The largest absolute Gasteiger partial charge is 0.475 e. The Morgan fingerprint density at radius 2 is 1.97 bits per heavy atom. The van der Waals surface area contributed by atoms with Gasteiger partial charge in [0.25, 0.3) is 5.91 Å². The van der Waals surface area contributed by atoms with Gasteiger partial charge in [0.05, 0.1) is 37.1 Å². The Labute approximate surface area is 194 Å². The zero-order valence-corrected chi connectivity index (χ0v) is 18.3. The van der Waals surface area contributed by atoms with E-state index in [1.54, 1.807) is 4.90 Å². The Morgan fingerprint density at radius 3 is 2.71 bits per heavy atom. The molecule has 1 atom stereocenters. The van der Waals surface area contributed by atoms with Gasteiger partial charge in [0.15, 0.2) is 5.69 Å². The van der Waals surface area contributed by atoms with Gasteiger partial charge in [-0.25, -0.2) is 4.98 Å². The zero-order valence-electron chi connectivity index (χ0n) is 18.3. The smallest absolute Gasteiger partial charge is 0.417 e. The maximum absolute atomic E-state index is 13.6. The number of rotatable bonds is 5. The number of hydrogen-bond donors (Lipinski definition) is 0.